The Balaban J connectivity index is 1.58. The van der Waals surface area contributed by atoms with E-state index in [4.69, 9.17) is 33.2 Å². The molecule has 1 aromatic carbocycles. The summed E-state index contributed by atoms with van der Waals surface area (Å²) >= 11 is 0. The summed E-state index contributed by atoms with van der Waals surface area (Å²) in [4.78, 5) is 13.1. The van der Waals surface area contributed by atoms with Gasteiger partial charge in [0.25, 0.3) is 5.91 Å². The fourth-order valence-electron chi connectivity index (χ4n) is 3.93. The summed E-state index contributed by atoms with van der Waals surface area (Å²) in [6.45, 7) is 7.18. The number of carbonyl (C=O) groups excluding carboxylic acids is 1. The largest absolute Gasteiger partial charge is 0.497 e. The Kier molecular flexibility index (Phi) is 4.99. The van der Waals surface area contributed by atoms with Crippen LogP contribution < -0.4 is 14.8 Å². The van der Waals surface area contributed by atoms with E-state index in [0.717, 1.165) is 0 Å². The first-order valence-corrected chi connectivity index (χ1v) is 9.52. The summed E-state index contributed by atoms with van der Waals surface area (Å²) in [5.41, 5.74) is 0.489. The van der Waals surface area contributed by atoms with Gasteiger partial charge in [0.15, 0.2) is 24.0 Å². The molecule has 3 aliphatic heterocycles. The van der Waals surface area contributed by atoms with Crippen LogP contribution in [0.4, 0.5) is 5.69 Å². The van der Waals surface area contributed by atoms with Gasteiger partial charge in [-0.1, -0.05) is 0 Å². The smallest absolute Gasteiger partial charge is 0.256 e. The number of methoxy groups -OCH3 is 2. The third-order valence-corrected chi connectivity index (χ3v) is 5.08. The molecule has 0 bridgehead atoms. The van der Waals surface area contributed by atoms with Crippen molar-refractivity contribution in [3.8, 4) is 11.5 Å². The maximum absolute atomic E-state index is 13.1. The highest BCUT2D eigenvalue weighted by Gasteiger charge is 2.62. The van der Waals surface area contributed by atoms with E-state index in [-0.39, 0.29) is 0 Å². The molecule has 0 aromatic heterocycles. The molecule has 0 radical (unpaired) electrons. The molecule has 1 N–H and O–H groups in total. The Bertz CT molecular complexity index is 795. The topological polar surface area (TPSA) is 93.7 Å². The zero-order valence-electron chi connectivity index (χ0n) is 17.4. The van der Waals surface area contributed by atoms with Crippen molar-refractivity contribution >= 4 is 11.6 Å². The molecule has 9 nitrogen and oxygen atoms in total. The van der Waals surface area contributed by atoms with Crippen LogP contribution in [0.3, 0.4) is 0 Å². The lowest BCUT2D eigenvalue weighted by Gasteiger charge is -2.36. The van der Waals surface area contributed by atoms with Crippen molar-refractivity contribution in [3.63, 3.8) is 0 Å². The van der Waals surface area contributed by atoms with Crippen molar-refractivity contribution < 1.29 is 38.0 Å². The molecular formula is C20H27NO8. The monoisotopic (exact) mass is 409 g/mol. The predicted molar refractivity (Wildman–Crippen MR) is 101 cm³/mol. The Morgan fingerprint density at radius 2 is 1.59 bits per heavy atom. The van der Waals surface area contributed by atoms with Crippen LogP contribution >= 0.6 is 0 Å². The van der Waals surface area contributed by atoms with Gasteiger partial charge in [-0.3, -0.25) is 4.79 Å². The molecule has 3 heterocycles. The third-order valence-electron chi connectivity index (χ3n) is 5.08. The number of rotatable bonds is 4. The first-order chi connectivity index (χ1) is 13.6. The Hall–Kier alpha value is -1.91. The van der Waals surface area contributed by atoms with Crippen LogP contribution in [0.5, 0.6) is 11.5 Å². The van der Waals surface area contributed by atoms with Crippen molar-refractivity contribution in [3.05, 3.63) is 18.2 Å². The van der Waals surface area contributed by atoms with Gasteiger partial charge in [-0.05, 0) is 39.8 Å². The zero-order valence-corrected chi connectivity index (χ0v) is 17.4. The molecule has 0 unspecified atom stereocenters. The number of fused-ring (bicyclic) bond motifs is 3. The van der Waals surface area contributed by atoms with Gasteiger partial charge < -0.3 is 38.5 Å². The van der Waals surface area contributed by atoms with Crippen LogP contribution in [0.2, 0.25) is 0 Å². The SMILES string of the molecule is COc1ccc(NC(=O)[C@@H]2O[C@@H]3OC(C)(C)O[C@@H]3[C@@H]3OC(C)(C)O[C@@H]32)c(OC)c1. The van der Waals surface area contributed by atoms with E-state index < -0.39 is 48.2 Å². The van der Waals surface area contributed by atoms with Gasteiger partial charge in [0.1, 0.15) is 29.8 Å². The van der Waals surface area contributed by atoms with E-state index in [1.54, 1.807) is 53.0 Å². The quantitative estimate of drug-likeness (QED) is 0.808. The first-order valence-electron chi connectivity index (χ1n) is 9.52. The predicted octanol–water partition coefficient (Wildman–Crippen LogP) is 2.04. The third kappa shape index (κ3) is 3.80. The number of ether oxygens (including phenoxy) is 7. The van der Waals surface area contributed by atoms with Crippen LogP contribution in [-0.2, 0) is 28.5 Å². The molecule has 0 aliphatic carbocycles. The lowest BCUT2D eigenvalue weighted by Crippen LogP contribution is -2.58. The Morgan fingerprint density at radius 3 is 2.28 bits per heavy atom. The van der Waals surface area contributed by atoms with Crippen molar-refractivity contribution in [1.82, 2.24) is 0 Å². The van der Waals surface area contributed by atoms with Crippen LogP contribution in [0, 0.1) is 0 Å². The molecule has 160 valence electrons. The summed E-state index contributed by atoms with van der Waals surface area (Å²) in [6, 6.07) is 5.12. The normalized spacial score (nSPS) is 34.2. The molecule has 29 heavy (non-hydrogen) atoms. The molecule has 0 spiro atoms. The second-order valence-electron chi connectivity index (χ2n) is 8.15. The summed E-state index contributed by atoms with van der Waals surface area (Å²) in [7, 11) is 3.08. The average molecular weight is 409 g/mol. The number of amides is 1. The van der Waals surface area contributed by atoms with Gasteiger partial charge in [0.2, 0.25) is 0 Å². The molecule has 1 amide bonds. The molecule has 4 rings (SSSR count). The minimum absolute atomic E-state index is 0.392. The number of benzene rings is 1. The van der Waals surface area contributed by atoms with E-state index in [1.165, 1.54) is 7.11 Å². The van der Waals surface area contributed by atoms with Crippen molar-refractivity contribution in [2.75, 3.05) is 19.5 Å². The lowest BCUT2D eigenvalue weighted by atomic mass is 9.98. The number of anilines is 1. The van der Waals surface area contributed by atoms with Gasteiger partial charge in [-0.15, -0.1) is 0 Å². The van der Waals surface area contributed by atoms with E-state index in [2.05, 4.69) is 5.32 Å². The molecule has 1 aromatic rings. The Morgan fingerprint density at radius 1 is 0.931 bits per heavy atom. The van der Waals surface area contributed by atoms with Crippen molar-refractivity contribution in [1.29, 1.82) is 0 Å². The zero-order chi connectivity index (χ0) is 21.0. The second-order valence-corrected chi connectivity index (χ2v) is 8.15. The van der Waals surface area contributed by atoms with Crippen LogP contribution in [0.25, 0.3) is 0 Å². The maximum atomic E-state index is 13.1. The average Bonchev–Trinajstić information content (AvgIpc) is 3.14. The van der Waals surface area contributed by atoms with Crippen molar-refractivity contribution in [2.45, 2.75) is 70.0 Å². The standard InChI is InChI=1S/C20H27NO8/c1-19(2)26-13-14(27-19)16-18(29-20(3,4)28-16)25-15(13)17(22)21-11-8-7-10(23-5)9-12(11)24-6/h7-9,13-16,18H,1-6H3,(H,21,22)/t13-,14+,15+,16+,18+/m0/s1. The van der Waals surface area contributed by atoms with E-state index in [9.17, 15) is 4.79 Å². The van der Waals surface area contributed by atoms with E-state index >= 15 is 0 Å². The number of hydrogen-bond donors (Lipinski definition) is 1. The molecule has 3 aliphatic rings. The van der Waals surface area contributed by atoms with Crippen LogP contribution in [-0.4, -0.2) is 62.4 Å². The molecule has 3 saturated heterocycles. The van der Waals surface area contributed by atoms with Gasteiger partial charge in [0, 0.05) is 6.07 Å². The van der Waals surface area contributed by atoms with Crippen molar-refractivity contribution in [2.24, 2.45) is 0 Å². The minimum atomic E-state index is -0.952. The highest BCUT2D eigenvalue weighted by molar-refractivity contribution is 5.96. The molecule has 5 atom stereocenters. The van der Waals surface area contributed by atoms with Gasteiger partial charge >= 0.3 is 0 Å². The molecule has 9 heteroatoms. The fraction of sp³-hybridized carbons (Fsp3) is 0.650. The fourth-order valence-corrected chi connectivity index (χ4v) is 3.93. The lowest BCUT2D eigenvalue weighted by molar-refractivity contribution is -0.229. The molecule has 3 fully saturated rings. The maximum Gasteiger partial charge on any atom is 0.256 e. The number of carbonyl (C=O) groups is 1. The summed E-state index contributed by atoms with van der Waals surface area (Å²) in [6.07, 6.45) is -3.33. The van der Waals surface area contributed by atoms with Gasteiger partial charge in [-0.25, -0.2) is 0 Å². The minimum Gasteiger partial charge on any atom is -0.497 e. The highest BCUT2D eigenvalue weighted by Crippen LogP contribution is 2.44. The summed E-state index contributed by atoms with van der Waals surface area (Å²) in [5, 5.41) is 2.85. The molecular weight excluding hydrogens is 382 g/mol. The summed E-state index contributed by atoms with van der Waals surface area (Å²) in [5.74, 6) is -1.03. The van der Waals surface area contributed by atoms with Gasteiger partial charge in [-0.2, -0.15) is 0 Å². The Labute approximate surface area is 169 Å². The highest BCUT2D eigenvalue weighted by atomic mass is 16.9. The molecule has 0 saturated carbocycles. The van der Waals surface area contributed by atoms with E-state index in [0.29, 0.717) is 17.2 Å². The summed E-state index contributed by atoms with van der Waals surface area (Å²) < 4.78 is 40.3. The van der Waals surface area contributed by atoms with E-state index in [1.807, 2.05) is 0 Å². The number of nitrogens with one attached hydrogen (secondary N) is 1. The van der Waals surface area contributed by atoms with Gasteiger partial charge in [0.05, 0.1) is 19.9 Å². The first kappa shape index (κ1) is 20.4. The number of hydrogen-bond acceptors (Lipinski definition) is 8. The second kappa shape index (κ2) is 7.10. The van der Waals surface area contributed by atoms with Crippen LogP contribution in [0.1, 0.15) is 27.7 Å². The van der Waals surface area contributed by atoms with Crippen LogP contribution in [0.15, 0.2) is 18.2 Å².